The first-order chi connectivity index (χ1) is 10.5. The van der Waals surface area contributed by atoms with Crippen molar-refractivity contribution in [3.8, 4) is 5.75 Å². The van der Waals surface area contributed by atoms with E-state index in [-0.39, 0.29) is 30.0 Å². The molecule has 1 aromatic rings. The van der Waals surface area contributed by atoms with E-state index >= 15 is 0 Å². The van der Waals surface area contributed by atoms with Gasteiger partial charge in [0.15, 0.2) is 0 Å². The van der Waals surface area contributed by atoms with Gasteiger partial charge in [0.05, 0.1) is 23.6 Å². The molecule has 1 aliphatic rings. The van der Waals surface area contributed by atoms with Crippen LogP contribution in [-0.4, -0.2) is 43.7 Å². The topological polar surface area (TPSA) is 82.1 Å². The Labute approximate surface area is 138 Å². The molecule has 0 aliphatic carbocycles. The maximum Gasteiger partial charge on any atom is 0.494 e. The van der Waals surface area contributed by atoms with Crippen LogP contribution >= 0.6 is 0 Å². The van der Waals surface area contributed by atoms with Gasteiger partial charge in [-0.2, -0.15) is 8.42 Å². The third-order valence-corrected chi connectivity index (χ3v) is 5.03. The molecule has 0 bridgehead atoms. The molecule has 8 heteroatoms. The predicted octanol–water partition coefficient (Wildman–Crippen LogP) is 1.64. The van der Waals surface area contributed by atoms with Crippen LogP contribution in [0.2, 0.25) is 0 Å². The van der Waals surface area contributed by atoms with Crippen LogP contribution in [0.15, 0.2) is 24.3 Å². The predicted molar refractivity (Wildman–Crippen MR) is 88.7 cm³/mol. The molecule has 1 saturated heterocycles. The number of ether oxygens (including phenoxy) is 1. The molecule has 1 N–H and O–H groups in total. The molecule has 0 unspecified atom stereocenters. The Hall–Kier alpha value is -1.09. The summed E-state index contributed by atoms with van der Waals surface area (Å²) in [7, 11) is -4.35. The normalized spacial score (nSPS) is 19.8. The van der Waals surface area contributed by atoms with Gasteiger partial charge in [0, 0.05) is 0 Å². The molecular formula is C15H23BO6S. The lowest BCUT2D eigenvalue weighted by molar-refractivity contribution is 0.00578. The highest BCUT2D eigenvalue weighted by molar-refractivity contribution is 7.85. The fourth-order valence-electron chi connectivity index (χ4n) is 2.13. The Bertz CT molecular complexity index is 622. The highest BCUT2D eigenvalue weighted by Gasteiger charge is 2.51. The molecule has 1 fully saturated rings. The number of benzene rings is 1. The van der Waals surface area contributed by atoms with Gasteiger partial charge in [-0.05, 0) is 51.7 Å². The van der Waals surface area contributed by atoms with Crippen LogP contribution in [0.25, 0.3) is 0 Å². The quantitative estimate of drug-likeness (QED) is 0.481. The fraction of sp³-hybridized carbons (Fsp3) is 0.600. The van der Waals surface area contributed by atoms with Crippen molar-refractivity contribution in [1.29, 1.82) is 0 Å². The summed E-state index contributed by atoms with van der Waals surface area (Å²) >= 11 is 0. The number of rotatable bonds is 6. The molecule has 6 nitrogen and oxygen atoms in total. The van der Waals surface area contributed by atoms with E-state index in [1.807, 2.05) is 39.8 Å². The van der Waals surface area contributed by atoms with Crippen molar-refractivity contribution in [2.75, 3.05) is 12.4 Å². The van der Waals surface area contributed by atoms with E-state index < -0.39 is 17.2 Å². The second kappa shape index (κ2) is 6.43. The van der Waals surface area contributed by atoms with Crippen molar-refractivity contribution in [1.82, 2.24) is 0 Å². The molecule has 128 valence electrons. The Morgan fingerprint density at radius 2 is 1.61 bits per heavy atom. The maximum absolute atomic E-state index is 10.6. The van der Waals surface area contributed by atoms with Crippen LogP contribution in [0.1, 0.15) is 34.1 Å². The molecule has 0 radical (unpaired) electrons. The molecule has 2 rings (SSSR count). The molecular weight excluding hydrogens is 319 g/mol. The van der Waals surface area contributed by atoms with Gasteiger partial charge in [-0.15, -0.1) is 0 Å². The zero-order chi connectivity index (χ0) is 17.3. The van der Waals surface area contributed by atoms with Crippen molar-refractivity contribution >= 4 is 22.7 Å². The third kappa shape index (κ3) is 4.70. The third-order valence-electron chi connectivity index (χ3n) is 4.22. The first-order valence-electron chi connectivity index (χ1n) is 7.54. The lowest BCUT2D eigenvalue weighted by Crippen LogP contribution is -2.41. The zero-order valence-electron chi connectivity index (χ0n) is 13.9. The summed E-state index contributed by atoms with van der Waals surface area (Å²) in [5.41, 5.74) is 0.125. The molecule has 1 aliphatic heterocycles. The summed E-state index contributed by atoms with van der Waals surface area (Å²) in [4.78, 5) is 0. The van der Waals surface area contributed by atoms with E-state index in [9.17, 15) is 8.42 Å². The van der Waals surface area contributed by atoms with Crippen molar-refractivity contribution in [3.63, 3.8) is 0 Å². The lowest BCUT2D eigenvalue weighted by atomic mass is 9.79. The maximum atomic E-state index is 10.6. The summed E-state index contributed by atoms with van der Waals surface area (Å²) in [5, 5.41) is 0. The molecule has 0 spiro atoms. The molecule has 0 aromatic heterocycles. The smallest absolute Gasteiger partial charge is 0.494 e. The molecule has 0 amide bonds. The molecule has 0 atom stereocenters. The highest BCUT2D eigenvalue weighted by Crippen LogP contribution is 2.36. The fourth-order valence-corrected chi connectivity index (χ4v) is 2.61. The van der Waals surface area contributed by atoms with E-state index in [4.69, 9.17) is 18.6 Å². The van der Waals surface area contributed by atoms with Gasteiger partial charge in [-0.1, -0.05) is 12.1 Å². The van der Waals surface area contributed by atoms with Crippen molar-refractivity contribution < 1.29 is 27.0 Å². The Kier molecular flexibility index (Phi) is 5.10. The Morgan fingerprint density at radius 3 is 2.09 bits per heavy atom. The van der Waals surface area contributed by atoms with Gasteiger partial charge in [-0.25, -0.2) is 0 Å². The van der Waals surface area contributed by atoms with E-state index in [1.54, 1.807) is 12.1 Å². The first kappa shape index (κ1) is 18.3. The summed E-state index contributed by atoms with van der Waals surface area (Å²) in [6, 6.07) is 7.29. The second-order valence-corrected chi connectivity index (χ2v) is 8.22. The largest absolute Gasteiger partial charge is 0.494 e. The standard InChI is InChI=1S/C15H23BO6S/c1-14(2)15(3,4)22-16(21-14)12-6-8-13(9-7-12)20-10-5-11-23(17,18)19/h6-9H,5,10-11H2,1-4H3,(H,17,18,19). The van der Waals surface area contributed by atoms with Crippen LogP contribution in [0.4, 0.5) is 0 Å². The van der Waals surface area contributed by atoms with E-state index in [0.717, 1.165) is 5.46 Å². The minimum atomic E-state index is -3.93. The van der Waals surface area contributed by atoms with Crippen molar-refractivity contribution in [3.05, 3.63) is 24.3 Å². The van der Waals surface area contributed by atoms with E-state index in [1.165, 1.54) is 0 Å². The van der Waals surface area contributed by atoms with Gasteiger partial charge in [-0.3, -0.25) is 4.55 Å². The summed E-state index contributed by atoms with van der Waals surface area (Å²) < 4.78 is 47.2. The number of hydrogen-bond donors (Lipinski definition) is 1. The molecule has 1 heterocycles. The minimum absolute atomic E-state index is 0.218. The molecule has 23 heavy (non-hydrogen) atoms. The molecule has 0 saturated carbocycles. The monoisotopic (exact) mass is 342 g/mol. The van der Waals surface area contributed by atoms with Gasteiger partial charge in [0.1, 0.15) is 5.75 Å². The summed E-state index contributed by atoms with van der Waals surface area (Å²) in [6.45, 7) is 8.22. The van der Waals surface area contributed by atoms with E-state index in [2.05, 4.69) is 0 Å². The second-order valence-electron chi connectivity index (χ2n) is 6.65. The minimum Gasteiger partial charge on any atom is -0.494 e. The Morgan fingerprint density at radius 1 is 1.09 bits per heavy atom. The van der Waals surface area contributed by atoms with Crippen LogP contribution in [-0.2, 0) is 19.4 Å². The molecule has 1 aromatic carbocycles. The van der Waals surface area contributed by atoms with Crippen LogP contribution in [0.3, 0.4) is 0 Å². The summed E-state index contributed by atoms with van der Waals surface area (Å²) in [5.74, 6) is 0.319. The Balaban J connectivity index is 1.91. The highest BCUT2D eigenvalue weighted by atomic mass is 32.2. The lowest BCUT2D eigenvalue weighted by Gasteiger charge is -2.32. The van der Waals surface area contributed by atoms with Crippen LogP contribution in [0.5, 0.6) is 5.75 Å². The summed E-state index contributed by atoms with van der Waals surface area (Å²) in [6.07, 6.45) is 0.234. The average molecular weight is 342 g/mol. The van der Waals surface area contributed by atoms with Gasteiger partial charge < -0.3 is 14.0 Å². The first-order valence-corrected chi connectivity index (χ1v) is 9.15. The number of hydrogen-bond acceptors (Lipinski definition) is 5. The van der Waals surface area contributed by atoms with E-state index in [0.29, 0.717) is 5.75 Å². The SMILES string of the molecule is CC1(C)OB(c2ccc(OCCCS(=O)(=O)O)cc2)OC1(C)C. The zero-order valence-corrected chi connectivity index (χ0v) is 14.7. The van der Waals surface area contributed by atoms with Crippen LogP contribution < -0.4 is 10.2 Å². The van der Waals surface area contributed by atoms with Gasteiger partial charge in [0.2, 0.25) is 0 Å². The van der Waals surface area contributed by atoms with Crippen molar-refractivity contribution in [2.45, 2.75) is 45.3 Å². The van der Waals surface area contributed by atoms with Crippen LogP contribution in [0, 0.1) is 0 Å². The van der Waals surface area contributed by atoms with Gasteiger partial charge in [0.25, 0.3) is 10.1 Å². The van der Waals surface area contributed by atoms with Crippen molar-refractivity contribution in [2.24, 2.45) is 0 Å². The average Bonchev–Trinajstić information content (AvgIpc) is 2.63. The van der Waals surface area contributed by atoms with Gasteiger partial charge >= 0.3 is 7.12 Å².